The Balaban J connectivity index is 2.28. The topological polar surface area (TPSA) is 47.9 Å². The van der Waals surface area contributed by atoms with Gasteiger partial charge in [-0.1, -0.05) is 0 Å². The summed E-state index contributed by atoms with van der Waals surface area (Å²) in [5.74, 6) is 0. The number of rotatable bonds is 1. The van der Waals surface area contributed by atoms with E-state index in [1.807, 2.05) is 0 Å². The summed E-state index contributed by atoms with van der Waals surface area (Å²) in [6.07, 6.45) is 2.23. The molecule has 4 N–H and O–H groups in total. The molecule has 1 aliphatic carbocycles. The molecule has 1 rings (SSSR count). The van der Waals surface area contributed by atoms with Gasteiger partial charge in [0.1, 0.15) is 5.54 Å². The summed E-state index contributed by atoms with van der Waals surface area (Å²) in [7, 11) is 0. The summed E-state index contributed by atoms with van der Waals surface area (Å²) >= 11 is 0. The molecule has 0 radical (unpaired) electrons. The van der Waals surface area contributed by atoms with E-state index in [2.05, 4.69) is 5.73 Å². The van der Waals surface area contributed by atoms with Gasteiger partial charge in [-0.3, -0.25) is 0 Å². The lowest BCUT2D eigenvalue weighted by Crippen LogP contribution is -2.65. The maximum Gasteiger partial charge on any atom is 0.118 e. The first-order valence-corrected chi connectivity index (χ1v) is 2.23. The molecule has 1 aliphatic rings. The molecule has 0 spiro atoms. The zero-order chi connectivity index (χ0) is 4.62. The van der Waals surface area contributed by atoms with Gasteiger partial charge in [0, 0.05) is 12.8 Å². The highest BCUT2D eigenvalue weighted by atomic mass is 16.3. The Morgan fingerprint density at radius 3 is 2.17 bits per heavy atom. The molecule has 0 aromatic rings. The third-order valence-electron chi connectivity index (χ3n) is 1.29. The number of aliphatic hydroxyl groups is 1. The van der Waals surface area contributed by atoms with Gasteiger partial charge in [-0.15, -0.1) is 0 Å². The minimum atomic E-state index is 0.0972. The van der Waals surface area contributed by atoms with Gasteiger partial charge >= 0.3 is 0 Å². The first-order valence-electron chi connectivity index (χ1n) is 2.23. The molecule has 0 saturated heterocycles. The van der Waals surface area contributed by atoms with Crippen molar-refractivity contribution in [1.29, 1.82) is 0 Å². The number of hydrogen-bond acceptors (Lipinski definition) is 1. The van der Waals surface area contributed by atoms with Gasteiger partial charge in [-0.2, -0.15) is 0 Å². The number of aliphatic hydroxyl groups excluding tert-OH is 1. The molecule has 1 saturated carbocycles. The Morgan fingerprint density at radius 2 is 2.17 bits per heavy atom. The average Bonchev–Trinajstić information content (AvgIpc) is 2.22. The van der Waals surface area contributed by atoms with Crippen molar-refractivity contribution in [3.8, 4) is 0 Å². The predicted molar refractivity (Wildman–Crippen MR) is 21.9 cm³/mol. The molecule has 2 nitrogen and oxygen atoms in total. The van der Waals surface area contributed by atoms with Gasteiger partial charge in [-0.25, -0.2) is 0 Å². The van der Waals surface area contributed by atoms with Gasteiger partial charge < -0.3 is 10.8 Å². The Labute approximate surface area is 37.0 Å². The summed E-state index contributed by atoms with van der Waals surface area (Å²) in [5.41, 5.74) is 3.85. The van der Waals surface area contributed by atoms with Gasteiger partial charge in [0.05, 0.1) is 6.61 Å². The van der Waals surface area contributed by atoms with E-state index in [1.165, 1.54) is 0 Å². The Morgan fingerprint density at radius 1 is 1.67 bits per heavy atom. The van der Waals surface area contributed by atoms with E-state index in [0.717, 1.165) is 12.8 Å². The second-order valence-corrected chi connectivity index (χ2v) is 2.16. The van der Waals surface area contributed by atoms with Crippen LogP contribution in [0.5, 0.6) is 0 Å². The summed E-state index contributed by atoms with van der Waals surface area (Å²) in [6.45, 7) is 0.271. The molecule has 1 fully saturated rings. The zero-order valence-corrected chi connectivity index (χ0v) is 3.78. The van der Waals surface area contributed by atoms with Crippen LogP contribution in [0.25, 0.3) is 0 Å². The Hall–Kier alpha value is -0.0800. The van der Waals surface area contributed by atoms with E-state index < -0.39 is 0 Å². The van der Waals surface area contributed by atoms with E-state index in [1.54, 1.807) is 0 Å². The van der Waals surface area contributed by atoms with Crippen molar-refractivity contribution in [2.45, 2.75) is 18.4 Å². The van der Waals surface area contributed by atoms with E-state index in [4.69, 9.17) is 5.11 Å². The number of quaternary nitrogens is 1. The van der Waals surface area contributed by atoms with Crippen molar-refractivity contribution in [2.24, 2.45) is 0 Å². The van der Waals surface area contributed by atoms with Crippen LogP contribution >= 0.6 is 0 Å². The molecule has 0 heterocycles. The van der Waals surface area contributed by atoms with E-state index in [9.17, 15) is 0 Å². The van der Waals surface area contributed by atoms with E-state index >= 15 is 0 Å². The molecule has 0 aliphatic heterocycles. The molecule has 0 amide bonds. The van der Waals surface area contributed by atoms with Crippen LogP contribution < -0.4 is 5.73 Å². The third kappa shape index (κ3) is 0.533. The quantitative estimate of drug-likeness (QED) is 0.413. The molecule has 2 heteroatoms. The van der Waals surface area contributed by atoms with Crippen molar-refractivity contribution in [3.63, 3.8) is 0 Å². The highest BCUT2D eigenvalue weighted by molar-refractivity contribution is 4.90. The van der Waals surface area contributed by atoms with Crippen molar-refractivity contribution in [2.75, 3.05) is 6.61 Å². The summed E-state index contributed by atoms with van der Waals surface area (Å²) < 4.78 is 0. The van der Waals surface area contributed by atoms with Crippen LogP contribution in [0.4, 0.5) is 0 Å². The van der Waals surface area contributed by atoms with Crippen molar-refractivity contribution in [3.05, 3.63) is 0 Å². The van der Waals surface area contributed by atoms with Gasteiger partial charge in [0.25, 0.3) is 0 Å². The molecule has 0 unspecified atom stereocenters. The molecule has 36 valence electrons. The molecule has 0 bridgehead atoms. The van der Waals surface area contributed by atoms with Crippen molar-refractivity contribution >= 4 is 0 Å². The van der Waals surface area contributed by atoms with Crippen LogP contribution in [0, 0.1) is 0 Å². The van der Waals surface area contributed by atoms with E-state index in [-0.39, 0.29) is 12.1 Å². The van der Waals surface area contributed by atoms with Crippen LogP contribution in [0.2, 0.25) is 0 Å². The number of hydrogen-bond donors (Lipinski definition) is 2. The highest BCUT2D eigenvalue weighted by Gasteiger charge is 2.42. The fourth-order valence-corrected chi connectivity index (χ4v) is 0.335. The SMILES string of the molecule is [NH3+]C1(CO)CC1. The average molecular weight is 88.1 g/mol. The lowest BCUT2D eigenvalue weighted by molar-refractivity contribution is -0.443. The first kappa shape index (κ1) is 4.09. The molecule has 0 atom stereocenters. The van der Waals surface area contributed by atoms with Crippen LogP contribution in [0.3, 0.4) is 0 Å². The Bertz CT molecular complexity index is 58.6. The minimum absolute atomic E-state index is 0.0972. The monoisotopic (exact) mass is 88.1 g/mol. The summed E-state index contributed by atoms with van der Waals surface area (Å²) in [4.78, 5) is 0. The lowest BCUT2D eigenvalue weighted by Gasteiger charge is -1.93. The fourth-order valence-electron chi connectivity index (χ4n) is 0.335. The molecular weight excluding hydrogens is 78.0 g/mol. The first-order chi connectivity index (χ1) is 2.77. The van der Waals surface area contributed by atoms with Gasteiger partial charge in [0.2, 0.25) is 0 Å². The van der Waals surface area contributed by atoms with Crippen LogP contribution in [0.1, 0.15) is 12.8 Å². The van der Waals surface area contributed by atoms with Crippen molar-refractivity contribution in [1.82, 2.24) is 0 Å². The molecule has 6 heavy (non-hydrogen) atoms. The van der Waals surface area contributed by atoms with E-state index in [0.29, 0.717) is 0 Å². The second kappa shape index (κ2) is 0.950. The van der Waals surface area contributed by atoms with Crippen LogP contribution in [-0.2, 0) is 0 Å². The maximum absolute atomic E-state index is 8.40. The standard InChI is InChI=1S/C4H9NO/c5-4(3-6)1-2-4/h6H,1-3,5H2/p+1. The molecule has 0 aromatic heterocycles. The predicted octanol–water partition coefficient (Wildman–Crippen LogP) is -1.25. The third-order valence-corrected chi connectivity index (χ3v) is 1.29. The zero-order valence-electron chi connectivity index (χ0n) is 3.78. The van der Waals surface area contributed by atoms with Crippen molar-refractivity contribution < 1.29 is 10.8 Å². The molecular formula is C4H10NO+. The largest absolute Gasteiger partial charge is 0.390 e. The summed E-state index contributed by atoms with van der Waals surface area (Å²) in [5, 5.41) is 8.40. The second-order valence-electron chi connectivity index (χ2n) is 2.16. The molecule has 0 aromatic carbocycles. The maximum atomic E-state index is 8.40. The normalized spacial score (nSPS) is 27.0. The van der Waals surface area contributed by atoms with Gasteiger partial charge in [0.15, 0.2) is 0 Å². The summed E-state index contributed by atoms with van der Waals surface area (Å²) in [6, 6.07) is 0. The van der Waals surface area contributed by atoms with Crippen LogP contribution in [-0.4, -0.2) is 17.3 Å². The van der Waals surface area contributed by atoms with Crippen LogP contribution in [0.15, 0.2) is 0 Å². The Kier molecular flexibility index (Phi) is 0.648. The highest BCUT2D eigenvalue weighted by Crippen LogP contribution is 2.28. The fraction of sp³-hybridized carbons (Fsp3) is 1.00. The smallest absolute Gasteiger partial charge is 0.118 e. The lowest BCUT2D eigenvalue weighted by atomic mass is 10.3. The van der Waals surface area contributed by atoms with Gasteiger partial charge in [-0.05, 0) is 0 Å². The minimum Gasteiger partial charge on any atom is -0.390 e.